The van der Waals surface area contributed by atoms with E-state index in [4.69, 9.17) is 5.73 Å². The quantitative estimate of drug-likeness (QED) is 0.629. The number of rotatable bonds is 8. The zero-order valence-electron chi connectivity index (χ0n) is 10.5. The Bertz CT molecular complexity index is 171. The summed E-state index contributed by atoms with van der Waals surface area (Å²) in [5.41, 5.74) is 5.82. The first kappa shape index (κ1) is 14.4. The van der Waals surface area contributed by atoms with E-state index in [9.17, 15) is 4.79 Å². The summed E-state index contributed by atoms with van der Waals surface area (Å²) >= 11 is 0. The maximum Gasteiger partial charge on any atom is 0.239 e. The van der Waals surface area contributed by atoms with E-state index in [0.29, 0.717) is 0 Å². The Morgan fingerprint density at radius 3 is 2.33 bits per heavy atom. The van der Waals surface area contributed by atoms with Gasteiger partial charge >= 0.3 is 0 Å². The van der Waals surface area contributed by atoms with Crippen molar-refractivity contribution in [2.24, 2.45) is 5.73 Å². The van der Waals surface area contributed by atoms with Crippen LogP contribution in [0, 0.1) is 0 Å². The molecule has 0 radical (unpaired) electrons. The summed E-state index contributed by atoms with van der Waals surface area (Å²) in [6, 6.07) is -0.295. The number of unbranched alkanes of at least 4 members (excludes halogenated alkanes) is 3. The fraction of sp³-hybridized carbons (Fsp3) is 0.917. The molecule has 0 aliphatic rings. The van der Waals surface area contributed by atoms with Gasteiger partial charge in [-0.15, -0.1) is 0 Å². The number of hydrogen-bond acceptors (Lipinski definition) is 2. The summed E-state index contributed by atoms with van der Waals surface area (Å²) in [5, 5.41) is 0. The molecule has 3 nitrogen and oxygen atoms in total. The monoisotopic (exact) mass is 214 g/mol. The van der Waals surface area contributed by atoms with Crippen LogP contribution in [-0.2, 0) is 4.79 Å². The molecule has 0 aromatic rings. The van der Waals surface area contributed by atoms with Crippen molar-refractivity contribution in [1.29, 1.82) is 0 Å². The molecule has 0 spiro atoms. The highest BCUT2D eigenvalue weighted by Gasteiger charge is 2.16. The molecule has 1 atom stereocenters. The number of carbonyl (C=O) groups is 1. The number of nitrogens with two attached hydrogens (primary N) is 1. The molecule has 0 rings (SSSR count). The van der Waals surface area contributed by atoms with Crippen LogP contribution in [0.3, 0.4) is 0 Å². The van der Waals surface area contributed by atoms with Crippen molar-refractivity contribution >= 4 is 5.91 Å². The van der Waals surface area contributed by atoms with Gasteiger partial charge in [-0.25, -0.2) is 0 Å². The molecule has 0 saturated carbocycles. The summed E-state index contributed by atoms with van der Waals surface area (Å²) in [7, 11) is 1.85. The fourth-order valence-electron chi connectivity index (χ4n) is 1.54. The zero-order valence-corrected chi connectivity index (χ0v) is 10.5. The molecule has 0 bridgehead atoms. The minimum absolute atomic E-state index is 0.0968. The third-order valence-electron chi connectivity index (χ3n) is 2.66. The Morgan fingerprint density at radius 2 is 1.80 bits per heavy atom. The second-order valence-corrected chi connectivity index (χ2v) is 4.22. The second kappa shape index (κ2) is 8.72. The lowest BCUT2D eigenvalue weighted by atomic mass is 10.1. The van der Waals surface area contributed by atoms with Crippen molar-refractivity contribution in [3.63, 3.8) is 0 Å². The van der Waals surface area contributed by atoms with Gasteiger partial charge in [0.1, 0.15) is 0 Å². The van der Waals surface area contributed by atoms with Gasteiger partial charge in [0.2, 0.25) is 5.91 Å². The van der Waals surface area contributed by atoms with Gasteiger partial charge in [-0.2, -0.15) is 0 Å². The summed E-state index contributed by atoms with van der Waals surface area (Å²) in [6.07, 6.45) is 6.40. The van der Waals surface area contributed by atoms with Crippen LogP contribution >= 0.6 is 0 Å². The van der Waals surface area contributed by atoms with Gasteiger partial charge in [-0.1, -0.05) is 39.5 Å². The van der Waals surface area contributed by atoms with E-state index in [1.54, 1.807) is 4.90 Å². The van der Waals surface area contributed by atoms with Crippen molar-refractivity contribution in [3.05, 3.63) is 0 Å². The van der Waals surface area contributed by atoms with Crippen LogP contribution in [-0.4, -0.2) is 30.4 Å². The van der Waals surface area contributed by atoms with Crippen LogP contribution in [0.25, 0.3) is 0 Å². The Hall–Kier alpha value is -0.570. The number of likely N-dealkylation sites (N-methyl/N-ethyl adjacent to an activating group) is 1. The van der Waals surface area contributed by atoms with E-state index in [0.717, 1.165) is 32.2 Å². The Labute approximate surface area is 94.0 Å². The van der Waals surface area contributed by atoms with Gasteiger partial charge in [0.15, 0.2) is 0 Å². The highest BCUT2D eigenvalue weighted by molar-refractivity contribution is 5.81. The molecule has 0 aromatic carbocycles. The van der Waals surface area contributed by atoms with E-state index in [1.807, 2.05) is 7.05 Å². The van der Waals surface area contributed by atoms with Crippen LogP contribution in [0.1, 0.15) is 52.4 Å². The van der Waals surface area contributed by atoms with Crippen LogP contribution in [0.5, 0.6) is 0 Å². The summed E-state index contributed by atoms with van der Waals surface area (Å²) in [5.74, 6) is 0.0968. The maximum absolute atomic E-state index is 11.7. The second-order valence-electron chi connectivity index (χ2n) is 4.22. The fourth-order valence-corrected chi connectivity index (χ4v) is 1.54. The van der Waals surface area contributed by atoms with E-state index >= 15 is 0 Å². The van der Waals surface area contributed by atoms with Gasteiger partial charge in [0, 0.05) is 13.6 Å². The average molecular weight is 214 g/mol. The Balaban J connectivity index is 3.75. The first-order chi connectivity index (χ1) is 7.13. The molecule has 0 aliphatic heterocycles. The molecule has 3 heteroatoms. The maximum atomic E-state index is 11.7. The first-order valence-electron chi connectivity index (χ1n) is 6.14. The number of amides is 1. The standard InChI is InChI=1S/C12H26N2O/c1-4-6-8-10-14(3)12(15)11(13)9-7-5-2/h11H,4-10,13H2,1-3H3. The lowest BCUT2D eigenvalue weighted by Crippen LogP contribution is -2.42. The lowest BCUT2D eigenvalue weighted by molar-refractivity contribution is -0.131. The van der Waals surface area contributed by atoms with E-state index in [2.05, 4.69) is 13.8 Å². The molecule has 0 aromatic heterocycles. The topological polar surface area (TPSA) is 46.3 Å². The molecule has 0 saturated heterocycles. The van der Waals surface area contributed by atoms with Gasteiger partial charge in [-0.3, -0.25) is 4.79 Å². The zero-order chi connectivity index (χ0) is 11.7. The Morgan fingerprint density at radius 1 is 1.20 bits per heavy atom. The third-order valence-corrected chi connectivity index (χ3v) is 2.66. The van der Waals surface area contributed by atoms with Crippen LogP contribution in [0.2, 0.25) is 0 Å². The van der Waals surface area contributed by atoms with E-state index < -0.39 is 0 Å². The Kier molecular flexibility index (Phi) is 8.38. The van der Waals surface area contributed by atoms with Crippen molar-refractivity contribution in [3.8, 4) is 0 Å². The highest BCUT2D eigenvalue weighted by Crippen LogP contribution is 2.03. The predicted octanol–water partition coefficient (Wildman–Crippen LogP) is 2.15. The molecule has 2 N–H and O–H groups in total. The van der Waals surface area contributed by atoms with Gasteiger partial charge < -0.3 is 10.6 Å². The van der Waals surface area contributed by atoms with Crippen molar-refractivity contribution in [2.75, 3.05) is 13.6 Å². The minimum Gasteiger partial charge on any atom is -0.344 e. The highest BCUT2D eigenvalue weighted by atomic mass is 16.2. The number of nitrogens with zero attached hydrogens (tertiary/aromatic N) is 1. The van der Waals surface area contributed by atoms with Gasteiger partial charge in [0.05, 0.1) is 6.04 Å². The van der Waals surface area contributed by atoms with Crippen molar-refractivity contribution in [2.45, 2.75) is 58.4 Å². The van der Waals surface area contributed by atoms with Crippen LogP contribution in [0.15, 0.2) is 0 Å². The number of carbonyl (C=O) groups excluding carboxylic acids is 1. The third kappa shape index (κ3) is 6.50. The molecule has 1 unspecified atom stereocenters. The minimum atomic E-state index is -0.295. The summed E-state index contributed by atoms with van der Waals surface area (Å²) in [6.45, 7) is 5.11. The molecule has 0 heterocycles. The molecule has 0 fully saturated rings. The molecular weight excluding hydrogens is 188 g/mol. The van der Waals surface area contributed by atoms with Crippen LogP contribution in [0.4, 0.5) is 0 Å². The summed E-state index contributed by atoms with van der Waals surface area (Å²) in [4.78, 5) is 13.5. The van der Waals surface area contributed by atoms with Crippen molar-refractivity contribution < 1.29 is 4.79 Å². The molecule has 90 valence electrons. The van der Waals surface area contributed by atoms with Crippen molar-refractivity contribution in [1.82, 2.24) is 4.90 Å². The first-order valence-corrected chi connectivity index (χ1v) is 6.14. The molecule has 15 heavy (non-hydrogen) atoms. The van der Waals surface area contributed by atoms with E-state index in [1.165, 1.54) is 12.8 Å². The molecule has 0 aliphatic carbocycles. The largest absolute Gasteiger partial charge is 0.344 e. The lowest BCUT2D eigenvalue weighted by Gasteiger charge is -2.21. The van der Waals surface area contributed by atoms with Gasteiger partial charge in [-0.05, 0) is 12.8 Å². The average Bonchev–Trinajstić information content (AvgIpc) is 2.24. The SMILES string of the molecule is CCCCCN(C)C(=O)C(N)CCCC. The molecular formula is C12H26N2O. The normalized spacial score (nSPS) is 12.5. The molecule has 1 amide bonds. The smallest absolute Gasteiger partial charge is 0.239 e. The number of hydrogen-bond donors (Lipinski definition) is 1. The van der Waals surface area contributed by atoms with Gasteiger partial charge in [0.25, 0.3) is 0 Å². The van der Waals surface area contributed by atoms with E-state index in [-0.39, 0.29) is 11.9 Å². The predicted molar refractivity (Wildman–Crippen MR) is 64.7 cm³/mol. The summed E-state index contributed by atoms with van der Waals surface area (Å²) < 4.78 is 0. The van der Waals surface area contributed by atoms with Crippen LogP contribution < -0.4 is 5.73 Å².